The van der Waals surface area contributed by atoms with Crippen LogP contribution in [0.3, 0.4) is 0 Å². The molecule has 7 heteroatoms. The van der Waals surface area contributed by atoms with Crippen molar-refractivity contribution in [2.45, 2.75) is 52.2 Å². The normalized spacial score (nSPS) is 18.2. The molecule has 1 saturated heterocycles. The maximum Gasteiger partial charge on any atom is 0.410 e. The number of amides is 2. The van der Waals surface area contributed by atoms with Gasteiger partial charge in [0.1, 0.15) is 5.60 Å². The molecule has 3 rings (SSSR count). The van der Waals surface area contributed by atoms with E-state index in [1.165, 1.54) is 0 Å². The minimum atomic E-state index is -0.538. The van der Waals surface area contributed by atoms with E-state index in [0.29, 0.717) is 13.1 Å². The van der Waals surface area contributed by atoms with Crippen molar-refractivity contribution in [3.63, 3.8) is 0 Å². The first-order valence-electron chi connectivity index (χ1n) is 10.1. The van der Waals surface area contributed by atoms with Crippen molar-refractivity contribution >= 4 is 12.0 Å². The Morgan fingerprint density at radius 2 is 1.97 bits per heavy atom. The standard InChI is InChI=1S/C22H30N4O3/c1-16(17-7-9-19(10-8-17)26-13-11-23-15-26)24-20(27)18-6-5-12-25(14-18)21(28)29-22(2,3)4/h7-11,13,15-16,18H,5-6,12,14H2,1-4H3,(H,24,27)/t16-,18-/m0/s1. The minimum Gasteiger partial charge on any atom is -0.444 e. The molecule has 1 aliphatic heterocycles. The second-order valence-electron chi connectivity index (χ2n) is 8.56. The number of nitrogens with one attached hydrogen (secondary N) is 1. The van der Waals surface area contributed by atoms with Crippen LogP contribution in [-0.2, 0) is 9.53 Å². The van der Waals surface area contributed by atoms with Gasteiger partial charge < -0.3 is 19.5 Å². The molecule has 1 fully saturated rings. The van der Waals surface area contributed by atoms with Crippen LogP contribution in [0.5, 0.6) is 0 Å². The first-order valence-corrected chi connectivity index (χ1v) is 10.1. The van der Waals surface area contributed by atoms with Gasteiger partial charge in [0.2, 0.25) is 5.91 Å². The summed E-state index contributed by atoms with van der Waals surface area (Å²) in [6, 6.07) is 7.91. The molecule has 0 bridgehead atoms. The molecule has 0 saturated carbocycles. The molecule has 1 aromatic heterocycles. The maximum atomic E-state index is 12.8. The third-order valence-corrected chi connectivity index (χ3v) is 5.00. The quantitative estimate of drug-likeness (QED) is 0.852. The number of carbonyl (C=O) groups is 2. The van der Waals surface area contributed by atoms with E-state index in [1.807, 2.05) is 62.7 Å². The number of likely N-dealkylation sites (tertiary alicyclic amines) is 1. The van der Waals surface area contributed by atoms with Gasteiger partial charge in [0.25, 0.3) is 0 Å². The zero-order valence-electron chi connectivity index (χ0n) is 17.6. The second kappa shape index (κ2) is 8.68. The van der Waals surface area contributed by atoms with Gasteiger partial charge in [-0.25, -0.2) is 9.78 Å². The molecule has 1 N–H and O–H groups in total. The predicted molar refractivity (Wildman–Crippen MR) is 111 cm³/mol. The number of aromatic nitrogens is 2. The van der Waals surface area contributed by atoms with Crippen molar-refractivity contribution in [3.05, 3.63) is 48.5 Å². The molecule has 1 aromatic carbocycles. The van der Waals surface area contributed by atoms with Crippen molar-refractivity contribution in [1.82, 2.24) is 19.8 Å². The molecule has 0 spiro atoms. The highest BCUT2D eigenvalue weighted by Crippen LogP contribution is 2.21. The van der Waals surface area contributed by atoms with Crippen molar-refractivity contribution in [3.8, 4) is 5.69 Å². The Bertz CT molecular complexity index is 825. The van der Waals surface area contributed by atoms with Crippen LogP contribution in [0.4, 0.5) is 4.79 Å². The van der Waals surface area contributed by atoms with E-state index < -0.39 is 5.60 Å². The van der Waals surface area contributed by atoms with E-state index in [2.05, 4.69) is 10.3 Å². The lowest BCUT2D eigenvalue weighted by molar-refractivity contribution is -0.127. The average molecular weight is 399 g/mol. The zero-order chi connectivity index (χ0) is 21.0. The van der Waals surface area contributed by atoms with Crippen LogP contribution in [0, 0.1) is 5.92 Å². The number of hydrogen-bond donors (Lipinski definition) is 1. The summed E-state index contributed by atoms with van der Waals surface area (Å²) in [5.74, 6) is -0.242. The SMILES string of the molecule is C[C@H](NC(=O)[C@H]1CCCN(C(=O)OC(C)(C)C)C1)c1ccc(-n2ccnc2)cc1. The largest absolute Gasteiger partial charge is 0.444 e. The number of ether oxygens (including phenoxy) is 1. The predicted octanol–water partition coefficient (Wildman–Crippen LogP) is 3.70. The van der Waals surface area contributed by atoms with Crippen molar-refractivity contribution in [2.24, 2.45) is 5.92 Å². The Kier molecular flexibility index (Phi) is 6.25. The Morgan fingerprint density at radius 3 is 2.59 bits per heavy atom. The van der Waals surface area contributed by atoms with Gasteiger partial charge in [-0.15, -0.1) is 0 Å². The topological polar surface area (TPSA) is 76.5 Å². The molecular weight excluding hydrogens is 368 g/mol. The van der Waals surface area contributed by atoms with E-state index in [4.69, 9.17) is 4.74 Å². The van der Waals surface area contributed by atoms with E-state index in [0.717, 1.165) is 24.1 Å². The van der Waals surface area contributed by atoms with E-state index in [-0.39, 0.29) is 24.0 Å². The third kappa shape index (κ3) is 5.59. The number of imidazole rings is 1. The summed E-state index contributed by atoms with van der Waals surface area (Å²) in [6.45, 7) is 8.53. The zero-order valence-corrected chi connectivity index (χ0v) is 17.6. The molecule has 29 heavy (non-hydrogen) atoms. The Labute approximate surface area is 172 Å². The fourth-order valence-electron chi connectivity index (χ4n) is 3.45. The summed E-state index contributed by atoms with van der Waals surface area (Å²) in [5.41, 5.74) is 1.51. The van der Waals surface area contributed by atoms with Crippen LogP contribution in [-0.4, -0.2) is 45.1 Å². The van der Waals surface area contributed by atoms with Crippen LogP contribution in [0.2, 0.25) is 0 Å². The Morgan fingerprint density at radius 1 is 1.24 bits per heavy atom. The van der Waals surface area contributed by atoms with Crippen LogP contribution in [0.15, 0.2) is 43.0 Å². The highest BCUT2D eigenvalue weighted by molar-refractivity contribution is 5.80. The fourth-order valence-corrected chi connectivity index (χ4v) is 3.45. The average Bonchev–Trinajstić information content (AvgIpc) is 3.21. The van der Waals surface area contributed by atoms with Crippen molar-refractivity contribution < 1.29 is 14.3 Å². The molecule has 2 atom stereocenters. The molecule has 1 aliphatic rings. The number of benzene rings is 1. The van der Waals surface area contributed by atoms with Crippen LogP contribution in [0.25, 0.3) is 5.69 Å². The van der Waals surface area contributed by atoms with Crippen molar-refractivity contribution in [1.29, 1.82) is 0 Å². The van der Waals surface area contributed by atoms with Gasteiger partial charge in [0.05, 0.1) is 18.3 Å². The summed E-state index contributed by atoms with van der Waals surface area (Å²) >= 11 is 0. The van der Waals surface area contributed by atoms with E-state index in [9.17, 15) is 9.59 Å². The summed E-state index contributed by atoms with van der Waals surface area (Å²) in [7, 11) is 0. The van der Waals surface area contributed by atoms with Gasteiger partial charge in [0, 0.05) is 31.2 Å². The molecular formula is C22H30N4O3. The molecule has 2 aromatic rings. The molecule has 2 heterocycles. The summed E-state index contributed by atoms with van der Waals surface area (Å²) in [4.78, 5) is 30.8. The van der Waals surface area contributed by atoms with Crippen molar-refractivity contribution in [2.75, 3.05) is 13.1 Å². The van der Waals surface area contributed by atoms with Gasteiger partial charge in [-0.2, -0.15) is 0 Å². The maximum absolute atomic E-state index is 12.8. The number of carbonyl (C=O) groups excluding carboxylic acids is 2. The summed E-state index contributed by atoms with van der Waals surface area (Å²) in [6.07, 6.45) is 6.60. The molecule has 156 valence electrons. The monoisotopic (exact) mass is 398 g/mol. The fraction of sp³-hybridized carbons (Fsp3) is 0.500. The second-order valence-corrected chi connectivity index (χ2v) is 8.56. The molecule has 2 amide bonds. The van der Waals surface area contributed by atoms with Gasteiger partial charge in [-0.1, -0.05) is 12.1 Å². The Hall–Kier alpha value is -2.83. The number of nitrogens with zero attached hydrogens (tertiary/aromatic N) is 3. The highest BCUT2D eigenvalue weighted by atomic mass is 16.6. The lowest BCUT2D eigenvalue weighted by Gasteiger charge is -2.34. The van der Waals surface area contributed by atoms with E-state index >= 15 is 0 Å². The first kappa shape index (κ1) is 20.9. The smallest absolute Gasteiger partial charge is 0.410 e. The Balaban J connectivity index is 1.57. The lowest BCUT2D eigenvalue weighted by Crippen LogP contribution is -2.47. The minimum absolute atomic E-state index is 0.0237. The number of hydrogen-bond acceptors (Lipinski definition) is 4. The van der Waals surface area contributed by atoms with Crippen LogP contribution >= 0.6 is 0 Å². The molecule has 0 radical (unpaired) electrons. The summed E-state index contributed by atoms with van der Waals surface area (Å²) < 4.78 is 7.38. The van der Waals surface area contributed by atoms with Gasteiger partial charge in [-0.05, 0) is 58.2 Å². The first-order chi connectivity index (χ1) is 13.7. The third-order valence-electron chi connectivity index (χ3n) is 5.00. The highest BCUT2D eigenvalue weighted by Gasteiger charge is 2.31. The lowest BCUT2D eigenvalue weighted by atomic mass is 9.96. The van der Waals surface area contributed by atoms with Gasteiger partial charge in [0.15, 0.2) is 0 Å². The molecule has 0 unspecified atom stereocenters. The number of piperidine rings is 1. The van der Waals surface area contributed by atoms with Gasteiger partial charge >= 0.3 is 6.09 Å². The van der Waals surface area contributed by atoms with E-state index in [1.54, 1.807) is 17.4 Å². The van der Waals surface area contributed by atoms with Crippen LogP contribution in [0.1, 0.15) is 52.1 Å². The number of rotatable bonds is 4. The van der Waals surface area contributed by atoms with Gasteiger partial charge in [-0.3, -0.25) is 4.79 Å². The van der Waals surface area contributed by atoms with Crippen LogP contribution < -0.4 is 5.32 Å². The summed E-state index contributed by atoms with van der Waals surface area (Å²) in [5, 5.41) is 3.09. The molecule has 7 nitrogen and oxygen atoms in total. The molecule has 0 aliphatic carbocycles.